The summed E-state index contributed by atoms with van der Waals surface area (Å²) in [5.41, 5.74) is 5.12. The molecule has 6 heteroatoms. The maximum atomic E-state index is 13.5. The molecular formula is C28H21FN4O. The molecule has 0 fully saturated rings. The van der Waals surface area contributed by atoms with Gasteiger partial charge in [-0.3, -0.25) is 9.78 Å². The van der Waals surface area contributed by atoms with E-state index in [4.69, 9.17) is 0 Å². The number of benzene rings is 4. The first-order valence-corrected chi connectivity index (χ1v) is 10.8. The van der Waals surface area contributed by atoms with E-state index in [-0.39, 0.29) is 11.7 Å². The van der Waals surface area contributed by atoms with Gasteiger partial charge in [-0.15, -0.1) is 0 Å². The third-order valence-corrected chi connectivity index (χ3v) is 5.29. The summed E-state index contributed by atoms with van der Waals surface area (Å²) in [6.45, 7) is 0. The molecule has 3 N–H and O–H groups in total. The Labute approximate surface area is 196 Å². The van der Waals surface area contributed by atoms with Gasteiger partial charge in [0.15, 0.2) is 0 Å². The SMILES string of the molecule is O=C(Nc1cccc(Nc2ccccc2)c1)c1cccc(Nc2ccnc3cc(F)ccc23)c1. The lowest BCUT2D eigenvalue weighted by Crippen LogP contribution is -2.12. The van der Waals surface area contributed by atoms with Crippen molar-refractivity contribution in [1.29, 1.82) is 0 Å². The number of pyridine rings is 1. The number of hydrogen-bond acceptors (Lipinski definition) is 4. The molecule has 1 aromatic heterocycles. The molecule has 5 nitrogen and oxygen atoms in total. The number of amides is 1. The normalized spacial score (nSPS) is 10.6. The largest absolute Gasteiger partial charge is 0.355 e. The van der Waals surface area contributed by atoms with Gasteiger partial charge in [0.05, 0.1) is 5.52 Å². The predicted octanol–water partition coefficient (Wildman–Crippen LogP) is 7.11. The monoisotopic (exact) mass is 448 g/mol. The van der Waals surface area contributed by atoms with Crippen LogP contribution in [-0.4, -0.2) is 10.9 Å². The topological polar surface area (TPSA) is 66.1 Å². The van der Waals surface area contributed by atoms with Crippen LogP contribution in [0.4, 0.5) is 32.8 Å². The maximum Gasteiger partial charge on any atom is 0.255 e. The highest BCUT2D eigenvalue weighted by Crippen LogP contribution is 2.26. The van der Waals surface area contributed by atoms with Crippen molar-refractivity contribution in [1.82, 2.24) is 4.98 Å². The van der Waals surface area contributed by atoms with E-state index in [1.807, 2.05) is 72.8 Å². The molecule has 1 amide bonds. The molecule has 34 heavy (non-hydrogen) atoms. The minimum Gasteiger partial charge on any atom is -0.355 e. The van der Waals surface area contributed by atoms with Crippen molar-refractivity contribution in [2.75, 3.05) is 16.0 Å². The Morgan fingerprint density at radius 3 is 2.26 bits per heavy atom. The average Bonchev–Trinajstić information content (AvgIpc) is 2.85. The van der Waals surface area contributed by atoms with Crippen molar-refractivity contribution < 1.29 is 9.18 Å². The molecule has 0 aliphatic rings. The van der Waals surface area contributed by atoms with E-state index in [2.05, 4.69) is 20.9 Å². The Kier molecular flexibility index (Phi) is 5.86. The molecule has 5 rings (SSSR count). The number of carbonyl (C=O) groups excluding carboxylic acids is 1. The Bertz CT molecular complexity index is 1470. The Morgan fingerprint density at radius 1 is 0.676 bits per heavy atom. The van der Waals surface area contributed by atoms with E-state index in [0.717, 1.165) is 28.1 Å². The molecule has 0 bridgehead atoms. The summed E-state index contributed by atoms with van der Waals surface area (Å²) in [5, 5.41) is 10.4. The first kappa shape index (κ1) is 21.2. The number of anilines is 5. The molecule has 0 aliphatic heterocycles. The zero-order chi connectivity index (χ0) is 23.3. The number of nitrogens with zero attached hydrogens (tertiary/aromatic N) is 1. The summed E-state index contributed by atoms with van der Waals surface area (Å²) in [6.07, 6.45) is 1.62. The lowest BCUT2D eigenvalue weighted by Gasteiger charge is -2.12. The van der Waals surface area contributed by atoms with Crippen molar-refractivity contribution in [2.45, 2.75) is 0 Å². The summed E-state index contributed by atoms with van der Waals surface area (Å²) < 4.78 is 13.5. The fraction of sp³-hybridized carbons (Fsp3) is 0. The molecule has 4 aromatic carbocycles. The van der Waals surface area contributed by atoms with Crippen molar-refractivity contribution in [2.24, 2.45) is 0 Å². The highest BCUT2D eigenvalue weighted by atomic mass is 19.1. The number of carbonyl (C=O) groups is 1. The van der Waals surface area contributed by atoms with Crippen molar-refractivity contribution >= 4 is 45.2 Å². The Hall–Kier alpha value is -4.71. The highest BCUT2D eigenvalue weighted by molar-refractivity contribution is 6.05. The van der Waals surface area contributed by atoms with Gasteiger partial charge in [0, 0.05) is 51.6 Å². The number of aromatic nitrogens is 1. The number of halogens is 1. The van der Waals surface area contributed by atoms with Gasteiger partial charge in [0.2, 0.25) is 0 Å². The lowest BCUT2D eigenvalue weighted by molar-refractivity contribution is 0.102. The molecule has 0 saturated carbocycles. The van der Waals surface area contributed by atoms with Crippen LogP contribution in [0.15, 0.2) is 109 Å². The predicted molar refractivity (Wildman–Crippen MR) is 136 cm³/mol. The van der Waals surface area contributed by atoms with Crippen LogP contribution >= 0.6 is 0 Å². The molecule has 0 unspecified atom stereocenters. The number of fused-ring (bicyclic) bond motifs is 1. The zero-order valence-electron chi connectivity index (χ0n) is 18.1. The van der Waals surface area contributed by atoms with Gasteiger partial charge >= 0.3 is 0 Å². The second-order valence-electron chi connectivity index (χ2n) is 7.75. The molecule has 0 saturated heterocycles. The summed E-state index contributed by atoms with van der Waals surface area (Å²) in [4.78, 5) is 17.1. The van der Waals surface area contributed by atoms with Crippen LogP contribution in [0.25, 0.3) is 10.9 Å². The highest BCUT2D eigenvalue weighted by Gasteiger charge is 2.09. The van der Waals surface area contributed by atoms with E-state index < -0.39 is 0 Å². The number of para-hydroxylation sites is 1. The van der Waals surface area contributed by atoms with Gasteiger partial charge in [-0.1, -0.05) is 30.3 Å². The molecule has 0 radical (unpaired) electrons. The van der Waals surface area contributed by atoms with E-state index in [1.165, 1.54) is 12.1 Å². The van der Waals surface area contributed by atoms with Crippen LogP contribution in [0.2, 0.25) is 0 Å². The van der Waals surface area contributed by atoms with Crippen LogP contribution in [0.3, 0.4) is 0 Å². The Balaban J connectivity index is 1.32. The molecule has 166 valence electrons. The zero-order valence-corrected chi connectivity index (χ0v) is 18.1. The second-order valence-corrected chi connectivity index (χ2v) is 7.75. The maximum absolute atomic E-state index is 13.5. The van der Waals surface area contributed by atoms with Crippen molar-refractivity contribution in [3.05, 3.63) is 121 Å². The quantitative estimate of drug-likeness (QED) is 0.259. The van der Waals surface area contributed by atoms with Crippen LogP contribution < -0.4 is 16.0 Å². The summed E-state index contributed by atoms with van der Waals surface area (Å²) in [7, 11) is 0. The third-order valence-electron chi connectivity index (χ3n) is 5.29. The van der Waals surface area contributed by atoms with Gasteiger partial charge in [0.25, 0.3) is 5.91 Å². The summed E-state index contributed by atoms with van der Waals surface area (Å²) >= 11 is 0. The van der Waals surface area contributed by atoms with Gasteiger partial charge in [-0.25, -0.2) is 4.39 Å². The van der Waals surface area contributed by atoms with Gasteiger partial charge in [0.1, 0.15) is 5.82 Å². The van der Waals surface area contributed by atoms with Gasteiger partial charge in [-0.2, -0.15) is 0 Å². The molecule has 5 aromatic rings. The van der Waals surface area contributed by atoms with Crippen LogP contribution in [0.5, 0.6) is 0 Å². The van der Waals surface area contributed by atoms with Gasteiger partial charge < -0.3 is 16.0 Å². The van der Waals surface area contributed by atoms with Crippen LogP contribution in [0.1, 0.15) is 10.4 Å². The van der Waals surface area contributed by atoms with Crippen LogP contribution in [0, 0.1) is 5.82 Å². The lowest BCUT2D eigenvalue weighted by atomic mass is 10.1. The fourth-order valence-corrected chi connectivity index (χ4v) is 3.69. The first-order valence-electron chi connectivity index (χ1n) is 10.8. The van der Waals surface area contributed by atoms with Gasteiger partial charge in [-0.05, 0) is 66.7 Å². The Morgan fingerprint density at radius 2 is 1.41 bits per heavy atom. The second kappa shape index (κ2) is 9.42. The van der Waals surface area contributed by atoms with Crippen LogP contribution in [-0.2, 0) is 0 Å². The number of nitrogens with one attached hydrogen (secondary N) is 3. The fourth-order valence-electron chi connectivity index (χ4n) is 3.69. The minimum atomic E-state index is -0.334. The summed E-state index contributed by atoms with van der Waals surface area (Å²) in [6, 6.07) is 30.9. The van der Waals surface area contributed by atoms with Crippen molar-refractivity contribution in [3.8, 4) is 0 Å². The average molecular weight is 449 g/mol. The van der Waals surface area contributed by atoms with E-state index in [0.29, 0.717) is 16.8 Å². The van der Waals surface area contributed by atoms with E-state index in [9.17, 15) is 9.18 Å². The molecule has 0 spiro atoms. The molecular weight excluding hydrogens is 427 g/mol. The van der Waals surface area contributed by atoms with Crippen molar-refractivity contribution in [3.63, 3.8) is 0 Å². The minimum absolute atomic E-state index is 0.220. The first-order chi connectivity index (χ1) is 16.6. The standard InChI is InChI=1S/C28H21FN4O/c29-20-12-13-25-26(14-15-30-27(25)17-20)32-22-9-4-6-19(16-22)28(34)33-24-11-5-10-23(18-24)31-21-7-2-1-3-8-21/h1-18,31H,(H,30,32)(H,33,34). The molecule has 1 heterocycles. The summed E-state index contributed by atoms with van der Waals surface area (Å²) in [5.74, 6) is -0.555. The smallest absolute Gasteiger partial charge is 0.255 e. The number of rotatable bonds is 6. The third kappa shape index (κ3) is 4.86. The molecule has 0 atom stereocenters. The van der Waals surface area contributed by atoms with E-state index in [1.54, 1.807) is 24.4 Å². The van der Waals surface area contributed by atoms with E-state index >= 15 is 0 Å². The molecule has 0 aliphatic carbocycles. The number of hydrogen-bond donors (Lipinski definition) is 3.